The molecule has 0 aliphatic rings. The Bertz CT molecular complexity index is 625. The first-order valence-corrected chi connectivity index (χ1v) is 6.90. The average molecular weight is 308 g/mol. The summed E-state index contributed by atoms with van der Waals surface area (Å²) in [6.07, 6.45) is 0. The molecule has 3 rings (SSSR count). The minimum absolute atomic E-state index is 0.211. The predicted octanol–water partition coefficient (Wildman–Crippen LogP) is 4.30. The normalized spacial score (nSPS) is 13.1. The molecule has 0 spiro atoms. The second-order valence-electron chi connectivity index (χ2n) is 3.80. The van der Waals surface area contributed by atoms with E-state index in [-0.39, 0.29) is 6.04 Å². The van der Waals surface area contributed by atoms with Gasteiger partial charge in [-0.15, -0.1) is 11.3 Å². The minimum Gasteiger partial charge on any atom is -0.459 e. The van der Waals surface area contributed by atoms with E-state index in [1.54, 1.807) is 11.3 Å². The predicted molar refractivity (Wildman–Crippen MR) is 74.3 cm³/mol. The zero-order valence-electron chi connectivity index (χ0n) is 8.89. The van der Waals surface area contributed by atoms with Crippen molar-refractivity contribution >= 4 is 38.2 Å². The topological polar surface area (TPSA) is 39.2 Å². The Labute approximate surface area is 111 Å². The van der Waals surface area contributed by atoms with Crippen LogP contribution >= 0.6 is 27.3 Å². The largest absolute Gasteiger partial charge is 0.459 e. The smallest absolute Gasteiger partial charge is 0.134 e. The lowest BCUT2D eigenvalue weighted by Gasteiger charge is -2.06. The molecule has 1 unspecified atom stereocenters. The molecule has 2 heterocycles. The first kappa shape index (κ1) is 11.0. The lowest BCUT2D eigenvalue weighted by Crippen LogP contribution is -2.09. The molecule has 0 amide bonds. The van der Waals surface area contributed by atoms with E-state index in [4.69, 9.17) is 10.2 Å². The van der Waals surface area contributed by atoms with Crippen LogP contribution in [0.2, 0.25) is 0 Å². The van der Waals surface area contributed by atoms with Crippen LogP contribution in [-0.4, -0.2) is 0 Å². The van der Waals surface area contributed by atoms with Gasteiger partial charge in [-0.25, -0.2) is 0 Å². The van der Waals surface area contributed by atoms with Crippen molar-refractivity contribution < 1.29 is 4.42 Å². The summed E-state index contributed by atoms with van der Waals surface area (Å²) in [5.74, 6) is 0.800. The highest BCUT2D eigenvalue weighted by Gasteiger charge is 2.17. The number of hydrogen-bond acceptors (Lipinski definition) is 3. The maximum absolute atomic E-state index is 6.21. The van der Waals surface area contributed by atoms with Gasteiger partial charge in [0.1, 0.15) is 11.3 Å². The molecule has 1 atom stereocenters. The Hall–Kier alpha value is -1.10. The van der Waals surface area contributed by atoms with Gasteiger partial charge in [0.15, 0.2) is 0 Å². The van der Waals surface area contributed by atoms with E-state index < -0.39 is 0 Å². The van der Waals surface area contributed by atoms with Gasteiger partial charge in [0, 0.05) is 14.7 Å². The quantitative estimate of drug-likeness (QED) is 0.766. The van der Waals surface area contributed by atoms with Gasteiger partial charge in [-0.3, -0.25) is 0 Å². The van der Waals surface area contributed by atoms with Gasteiger partial charge in [0.25, 0.3) is 0 Å². The summed E-state index contributed by atoms with van der Waals surface area (Å²) in [7, 11) is 0. The van der Waals surface area contributed by atoms with Gasteiger partial charge in [0.05, 0.1) is 6.04 Å². The Morgan fingerprint density at radius 1 is 1.24 bits per heavy atom. The van der Waals surface area contributed by atoms with Gasteiger partial charge in [-0.1, -0.05) is 18.2 Å². The maximum Gasteiger partial charge on any atom is 0.134 e. The third-order valence-electron chi connectivity index (χ3n) is 2.68. The number of para-hydroxylation sites is 1. The van der Waals surface area contributed by atoms with Crippen LogP contribution in [0.5, 0.6) is 0 Å². The Morgan fingerprint density at radius 3 is 2.76 bits per heavy atom. The zero-order valence-corrected chi connectivity index (χ0v) is 11.3. The fourth-order valence-corrected chi connectivity index (χ4v) is 3.44. The fourth-order valence-electron chi connectivity index (χ4n) is 1.81. The number of rotatable bonds is 2. The molecule has 0 aliphatic heterocycles. The highest BCUT2D eigenvalue weighted by Crippen LogP contribution is 2.33. The number of halogens is 1. The standard InChI is InChI=1S/C13H10BrNOS/c14-9-5-6-17-13(9)12(15)11-7-8-3-1-2-4-10(8)16-11/h1-7,12H,15H2. The number of hydrogen-bond donors (Lipinski definition) is 1. The average Bonchev–Trinajstić information content (AvgIpc) is 2.93. The van der Waals surface area contributed by atoms with Crippen molar-refractivity contribution in [2.24, 2.45) is 5.73 Å². The summed E-state index contributed by atoms with van der Waals surface area (Å²) in [5.41, 5.74) is 7.09. The van der Waals surface area contributed by atoms with E-state index in [0.717, 1.165) is 26.1 Å². The van der Waals surface area contributed by atoms with Crippen LogP contribution in [0.1, 0.15) is 16.7 Å². The Morgan fingerprint density at radius 2 is 2.06 bits per heavy atom. The lowest BCUT2D eigenvalue weighted by atomic mass is 10.2. The SMILES string of the molecule is NC(c1cc2ccccc2o1)c1sccc1Br. The van der Waals surface area contributed by atoms with Crippen LogP contribution in [0.3, 0.4) is 0 Å². The molecule has 0 saturated heterocycles. The second kappa shape index (κ2) is 4.29. The molecule has 4 heteroatoms. The highest BCUT2D eigenvalue weighted by molar-refractivity contribution is 9.10. The summed E-state index contributed by atoms with van der Waals surface area (Å²) < 4.78 is 6.81. The van der Waals surface area contributed by atoms with Gasteiger partial charge in [0.2, 0.25) is 0 Å². The molecule has 2 nitrogen and oxygen atoms in total. The highest BCUT2D eigenvalue weighted by atomic mass is 79.9. The third kappa shape index (κ3) is 1.92. The lowest BCUT2D eigenvalue weighted by molar-refractivity contribution is 0.527. The number of fused-ring (bicyclic) bond motifs is 1. The third-order valence-corrected chi connectivity index (χ3v) is 4.63. The van der Waals surface area contributed by atoms with Crippen LogP contribution < -0.4 is 5.73 Å². The van der Waals surface area contributed by atoms with Crippen molar-refractivity contribution in [3.63, 3.8) is 0 Å². The summed E-state index contributed by atoms with van der Waals surface area (Å²) in [6, 6.07) is 11.7. The molecule has 0 saturated carbocycles. The molecule has 0 bridgehead atoms. The maximum atomic E-state index is 6.21. The molecule has 1 aromatic carbocycles. The van der Waals surface area contributed by atoms with Crippen molar-refractivity contribution in [1.82, 2.24) is 0 Å². The van der Waals surface area contributed by atoms with E-state index >= 15 is 0 Å². The minimum atomic E-state index is -0.211. The first-order chi connectivity index (χ1) is 8.25. The molecule has 2 N–H and O–H groups in total. The monoisotopic (exact) mass is 307 g/mol. The van der Waals surface area contributed by atoms with Gasteiger partial charge >= 0.3 is 0 Å². The molecule has 0 radical (unpaired) electrons. The van der Waals surface area contributed by atoms with Gasteiger partial charge < -0.3 is 10.2 Å². The number of benzene rings is 1. The molecule has 17 heavy (non-hydrogen) atoms. The summed E-state index contributed by atoms with van der Waals surface area (Å²) in [5, 5.41) is 3.10. The van der Waals surface area contributed by atoms with Crippen LogP contribution in [0.4, 0.5) is 0 Å². The van der Waals surface area contributed by atoms with E-state index in [9.17, 15) is 0 Å². The van der Waals surface area contributed by atoms with Crippen LogP contribution in [0, 0.1) is 0 Å². The second-order valence-corrected chi connectivity index (χ2v) is 5.60. The summed E-state index contributed by atoms with van der Waals surface area (Å²) >= 11 is 5.13. The molecular weight excluding hydrogens is 298 g/mol. The zero-order chi connectivity index (χ0) is 11.8. The van der Waals surface area contributed by atoms with Crippen LogP contribution in [0.25, 0.3) is 11.0 Å². The molecule has 0 aliphatic carbocycles. The summed E-state index contributed by atoms with van der Waals surface area (Å²) in [6.45, 7) is 0. The van der Waals surface area contributed by atoms with E-state index in [1.165, 1.54) is 0 Å². The van der Waals surface area contributed by atoms with Crippen LogP contribution in [0.15, 0.2) is 50.7 Å². The molecule has 0 fully saturated rings. The molecule has 86 valence electrons. The van der Waals surface area contributed by atoms with Gasteiger partial charge in [-0.05, 0) is 39.5 Å². The number of thiophene rings is 1. The first-order valence-electron chi connectivity index (χ1n) is 5.22. The van der Waals surface area contributed by atoms with E-state index in [2.05, 4.69) is 15.9 Å². The summed E-state index contributed by atoms with van der Waals surface area (Å²) in [4.78, 5) is 1.09. The van der Waals surface area contributed by atoms with Crippen molar-refractivity contribution in [2.45, 2.75) is 6.04 Å². The fraction of sp³-hybridized carbons (Fsp3) is 0.0769. The van der Waals surface area contributed by atoms with Crippen molar-refractivity contribution in [3.05, 3.63) is 56.9 Å². The molecule has 2 aromatic heterocycles. The molecular formula is C13H10BrNOS. The molecule has 3 aromatic rings. The van der Waals surface area contributed by atoms with E-state index in [1.807, 2.05) is 41.8 Å². The van der Waals surface area contributed by atoms with Gasteiger partial charge in [-0.2, -0.15) is 0 Å². The number of nitrogens with two attached hydrogens (primary N) is 1. The van der Waals surface area contributed by atoms with Crippen molar-refractivity contribution in [3.8, 4) is 0 Å². The van der Waals surface area contributed by atoms with Crippen molar-refractivity contribution in [2.75, 3.05) is 0 Å². The number of furan rings is 1. The van der Waals surface area contributed by atoms with Crippen molar-refractivity contribution in [1.29, 1.82) is 0 Å². The van der Waals surface area contributed by atoms with Crippen LogP contribution in [-0.2, 0) is 0 Å². The van der Waals surface area contributed by atoms with E-state index in [0.29, 0.717) is 0 Å². The Balaban J connectivity index is 2.07. The Kier molecular flexibility index (Phi) is 2.78.